The van der Waals surface area contributed by atoms with E-state index in [0.717, 1.165) is 10.1 Å². The van der Waals surface area contributed by atoms with E-state index >= 15 is 0 Å². The first-order chi connectivity index (χ1) is 9.80. The summed E-state index contributed by atoms with van der Waals surface area (Å²) in [5, 5.41) is 3.65. The number of fused-ring (bicyclic) bond motifs is 1. The first-order valence-electron chi connectivity index (χ1n) is 6.02. The number of hydrogen-bond acceptors (Lipinski definition) is 5. The van der Waals surface area contributed by atoms with Gasteiger partial charge in [0.2, 0.25) is 5.91 Å². The highest BCUT2D eigenvalue weighted by Crippen LogP contribution is 2.28. The molecule has 1 amide bonds. The lowest BCUT2D eigenvalue weighted by Gasteiger charge is -2.00. The predicted octanol–water partition coefficient (Wildman–Crippen LogP) is 2.63. The number of carbonyl (C=O) groups is 1. The summed E-state index contributed by atoms with van der Waals surface area (Å²) in [6.07, 6.45) is -0.183. The van der Waals surface area contributed by atoms with Crippen LogP contribution in [0.3, 0.4) is 0 Å². The van der Waals surface area contributed by atoms with Gasteiger partial charge in [-0.25, -0.2) is 17.8 Å². The first-order valence-corrected chi connectivity index (χ1v) is 8.55. The lowest BCUT2D eigenvalue weighted by atomic mass is 10.2. The van der Waals surface area contributed by atoms with Gasteiger partial charge in [-0.15, -0.1) is 0 Å². The van der Waals surface area contributed by atoms with Crippen molar-refractivity contribution in [2.45, 2.75) is 13.3 Å². The van der Waals surface area contributed by atoms with Gasteiger partial charge >= 0.3 is 0 Å². The van der Waals surface area contributed by atoms with Gasteiger partial charge in [0.25, 0.3) is 0 Å². The number of amides is 1. The normalized spacial score (nSPS) is 11.5. The summed E-state index contributed by atoms with van der Waals surface area (Å²) in [5.41, 5.74) is 0.957. The lowest BCUT2D eigenvalue weighted by Crippen LogP contribution is -2.15. The molecule has 0 saturated heterocycles. The molecule has 0 spiro atoms. The topological polar surface area (TPSA) is 76.1 Å². The van der Waals surface area contributed by atoms with Crippen LogP contribution in [0.2, 0.25) is 0 Å². The van der Waals surface area contributed by atoms with Gasteiger partial charge in [0.1, 0.15) is 5.82 Å². The van der Waals surface area contributed by atoms with Crippen LogP contribution >= 0.6 is 11.3 Å². The van der Waals surface area contributed by atoms with E-state index in [1.807, 2.05) is 0 Å². The predicted molar refractivity (Wildman–Crippen MR) is 81.5 cm³/mol. The van der Waals surface area contributed by atoms with Crippen molar-refractivity contribution >= 4 is 42.4 Å². The molecule has 0 aliphatic rings. The van der Waals surface area contributed by atoms with E-state index in [-0.39, 0.29) is 18.0 Å². The quantitative estimate of drug-likeness (QED) is 0.915. The zero-order chi connectivity index (χ0) is 15.6. The Morgan fingerprint density at radius 2 is 2.24 bits per heavy atom. The molecule has 8 heteroatoms. The largest absolute Gasteiger partial charge is 0.302 e. The Kier molecular flexibility index (Phi) is 4.38. The van der Waals surface area contributed by atoms with E-state index in [1.54, 1.807) is 13.0 Å². The minimum Gasteiger partial charge on any atom is -0.302 e. The Morgan fingerprint density at radius 1 is 1.52 bits per heavy atom. The first kappa shape index (κ1) is 15.6. The van der Waals surface area contributed by atoms with Crippen molar-refractivity contribution in [3.63, 3.8) is 0 Å². The summed E-state index contributed by atoms with van der Waals surface area (Å²) < 4.78 is 36.6. The number of anilines is 1. The summed E-state index contributed by atoms with van der Waals surface area (Å²) in [7, 11) is -3.41. The van der Waals surface area contributed by atoms with E-state index in [0.29, 0.717) is 16.2 Å². The highest BCUT2D eigenvalue weighted by Gasteiger charge is 2.13. The van der Waals surface area contributed by atoms with Crippen molar-refractivity contribution in [2.24, 2.45) is 0 Å². The molecule has 0 fully saturated rings. The molecular weight excluding hydrogens is 315 g/mol. The van der Waals surface area contributed by atoms with Crippen molar-refractivity contribution in [2.75, 3.05) is 11.1 Å². The molecule has 2 aromatic rings. The monoisotopic (exact) mass is 328 g/mol. The summed E-state index contributed by atoms with van der Waals surface area (Å²) in [6.45, 7) is 4.82. The average molecular weight is 328 g/mol. The molecule has 1 aromatic carbocycles. The fourth-order valence-electron chi connectivity index (χ4n) is 1.60. The van der Waals surface area contributed by atoms with E-state index in [9.17, 15) is 17.6 Å². The molecule has 5 nitrogen and oxygen atoms in total. The third-order valence-corrected chi connectivity index (χ3v) is 5.00. The molecule has 1 aromatic heterocycles. The molecule has 0 radical (unpaired) electrons. The third-order valence-electron chi connectivity index (χ3n) is 2.78. The van der Waals surface area contributed by atoms with Crippen LogP contribution in [-0.4, -0.2) is 25.1 Å². The minimum atomic E-state index is -3.41. The Bertz CT molecular complexity index is 773. The molecule has 0 aliphatic heterocycles. The molecule has 2 rings (SSSR count). The Morgan fingerprint density at radius 3 is 2.90 bits per heavy atom. The average Bonchev–Trinajstić information content (AvgIpc) is 2.78. The van der Waals surface area contributed by atoms with Crippen LogP contribution in [0.4, 0.5) is 9.52 Å². The number of carbonyl (C=O) groups excluding carboxylic acids is 1. The molecular formula is C13H13FN2O3S2. The van der Waals surface area contributed by atoms with Crippen molar-refractivity contribution in [3.05, 3.63) is 35.5 Å². The van der Waals surface area contributed by atoms with Crippen molar-refractivity contribution in [1.82, 2.24) is 4.98 Å². The van der Waals surface area contributed by atoms with Gasteiger partial charge in [-0.2, -0.15) is 0 Å². The number of nitrogens with one attached hydrogen (secondary N) is 1. The maximum atomic E-state index is 13.4. The summed E-state index contributed by atoms with van der Waals surface area (Å²) >= 11 is 1.21. The molecule has 0 aliphatic carbocycles. The van der Waals surface area contributed by atoms with Crippen LogP contribution in [0.15, 0.2) is 24.1 Å². The molecule has 1 N–H and O–H groups in total. The molecule has 0 unspecified atom stereocenters. The van der Waals surface area contributed by atoms with E-state index in [1.165, 1.54) is 17.4 Å². The Balaban J connectivity index is 2.09. The number of aryl methyl sites for hydroxylation is 1. The van der Waals surface area contributed by atoms with E-state index in [4.69, 9.17) is 0 Å². The number of nitrogens with zero attached hydrogens (tertiary/aromatic N) is 1. The van der Waals surface area contributed by atoms with E-state index in [2.05, 4.69) is 16.9 Å². The second kappa shape index (κ2) is 5.90. The molecule has 0 bridgehead atoms. The van der Waals surface area contributed by atoms with Gasteiger partial charge < -0.3 is 5.32 Å². The summed E-state index contributed by atoms with van der Waals surface area (Å²) in [4.78, 5) is 15.8. The van der Waals surface area contributed by atoms with Crippen molar-refractivity contribution in [1.29, 1.82) is 0 Å². The molecule has 21 heavy (non-hydrogen) atoms. The van der Waals surface area contributed by atoms with Crippen LogP contribution in [0.1, 0.15) is 12.0 Å². The number of halogens is 1. The van der Waals surface area contributed by atoms with Gasteiger partial charge in [0.05, 0.1) is 16.0 Å². The zero-order valence-electron chi connectivity index (χ0n) is 11.2. The maximum absolute atomic E-state index is 13.4. The number of rotatable bonds is 5. The lowest BCUT2D eigenvalue weighted by molar-refractivity contribution is -0.115. The summed E-state index contributed by atoms with van der Waals surface area (Å²) in [5.74, 6) is -1.12. The smallest absolute Gasteiger partial charge is 0.227 e. The third kappa shape index (κ3) is 3.85. The number of hydrogen-bond donors (Lipinski definition) is 1. The SMILES string of the molecule is C=CS(=O)(=O)CCC(=O)Nc1nc2cc(F)c(C)cc2s1. The standard InChI is InChI=1S/C13H13FN2O3S2/c1-3-21(18,19)5-4-12(17)16-13-15-10-7-9(14)8(2)6-11(10)20-13/h3,6-7H,1,4-5H2,2H3,(H,15,16,17). The van der Waals surface area contributed by atoms with Crippen LogP contribution in [0, 0.1) is 12.7 Å². The van der Waals surface area contributed by atoms with Crippen LogP contribution in [0.25, 0.3) is 10.2 Å². The molecule has 112 valence electrons. The number of sulfone groups is 1. The molecule has 1 heterocycles. The summed E-state index contributed by atoms with van der Waals surface area (Å²) in [6, 6.07) is 2.96. The highest BCUT2D eigenvalue weighted by molar-refractivity contribution is 7.94. The number of aromatic nitrogens is 1. The van der Waals surface area contributed by atoms with Gasteiger partial charge in [0.15, 0.2) is 15.0 Å². The fourth-order valence-corrected chi connectivity index (χ4v) is 3.20. The van der Waals surface area contributed by atoms with Gasteiger partial charge in [-0.1, -0.05) is 17.9 Å². The second-order valence-corrected chi connectivity index (χ2v) is 7.52. The Hall–Kier alpha value is -1.80. The maximum Gasteiger partial charge on any atom is 0.227 e. The van der Waals surface area contributed by atoms with Gasteiger partial charge in [-0.3, -0.25) is 4.79 Å². The van der Waals surface area contributed by atoms with Crippen LogP contribution in [-0.2, 0) is 14.6 Å². The van der Waals surface area contributed by atoms with Crippen molar-refractivity contribution < 1.29 is 17.6 Å². The Labute approximate surface area is 125 Å². The minimum absolute atomic E-state index is 0.183. The van der Waals surface area contributed by atoms with Crippen LogP contribution < -0.4 is 5.32 Å². The van der Waals surface area contributed by atoms with Gasteiger partial charge in [0, 0.05) is 17.9 Å². The van der Waals surface area contributed by atoms with Crippen molar-refractivity contribution in [3.8, 4) is 0 Å². The fraction of sp³-hybridized carbons (Fsp3) is 0.231. The molecule has 0 atom stereocenters. The molecule has 0 saturated carbocycles. The van der Waals surface area contributed by atoms with Crippen LogP contribution in [0.5, 0.6) is 0 Å². The zero-order valence-corrected chi connectivity index (χ0v) is 12.9. The highest BCUT2D eigenvalue weighted by atomic mass is 32.2. The number of thiazole rings is 1. The number of benzene rings is 1. The second-order valence-electron chi connectivity index (χ2n) is 4.42. The van der Waals surface area contributed by atoms with E-state index < -0.39 is 15.7 Å². The van der Waals surface area contributed by atoms with Gasteiger partial charge in [-0.05, 0) is 18.6 Å².